The van der Waals surface area contributed by atoms with Crippen LogP contribution in [0, 0.1) is 0 Å². The van der Waals surface area contributed by atoms with Gasteiger partial charge in [-0.05, 0) is 25.5 Å². The second-order valence-corrected chi connectivity index (χ2v) is 7.71. The van der Waals surface area contributed by atoms with Crippen LogP contribution in [-0.4, -0.2) is 31.5 Å². The molecular weight excluding hydrogens is 321 g/mol. The molecule has 9 heteroatoms. The van der Waals surface area contributed by atoms with Gasteiger partial charge in [0, 0.05) is 0 Å². The summed E-state index contributed by atoms with van der Waals surface area (Å²) in [6.45, 7) is 1.55. The van der Waals surface area contributed by atoms with Crippen LogP contribution in [0.4, 0.5) is 23.7 Å². The van der Waals surface area contributed by atoms with Crippen molar-refractivity contribution >= 4 is 21.6 Å². The minimum atomic E-state index is -4.59. The first-order chi connectivity index (χ1) is 10.0. The van der Waals surface area contributed by atoms with Gasteiger partial charge in [0.15, 0.2) is 9.84 Å². The Balaban J connectivity index is 2.11. The van der Waals surface area contributed by atoms with Crippen LogP contribution in [0.1, 0.15) is 18.9 Å². The first-order valence-electron chi connectivity index (χ1n) is 6.47. The maximum absolute atomic E-state index is 12.8. The zero-order valence-corrected chi connectivity index (χ0v) is 12.5. The number of sulfone groups is 1. The molecule has 0 radical (unpaired) electrons. The Morgan fingerprint density at radius 3 is 2.45 bits per heavy atom. The lowest BCUT2D eigenvalue weighted by atomic mass is 10.0. The number of para-hydroxylation sites is 1. The molecule has 2 N–H and O–H groups in total. The van der Waals surface area contributed by atoms with Crippen LogP contribution in [0.5, 0.6) is 0 Å². The molecule has 1 aromatic carbocycles. The number of carbonyl (C=O) groups excluding carboxylic acids is 1. The maximum atomic E-state index is 12.8. The van der Waals surface area contributed by atoms with Gasteiger partial charge in [0.1, 0.15) is 0 Å². The molecule has 1 fully saturated rings. The highest BCUT2D eigenvalue weighted by atomic mass is 32.2. The number of urea groups is 1. The molecule has 5 nitrogen and oxygen atoms in total. The highest BCUT2D eigenvalue weighted by molar-refractivity contribution is 7.91. The lowest BCUT2D eigenvalue weighted by Gasteiger charge is -2.24. The van der Waals surface area contributed by atoms with Crippen molar-refractivity contribution in [3.8, 4) is 0 Å². The summed E-state index contributed by atoms with van der Waals surface area (Å²) in [5, 5.41) is 4.57. The van der Waals surface area contributed by atoms with Gasteiger partial charge in [-0.3, -0.25) is 0 Å². The van der Waals surface area contributed by atoms with E-state index in [0.717, 1.165) is 12.1 Å². The zero-order valence-electron chi connectivity index (χ0n) is 11.7. The van der Waals surface area contributed by atoms with E-state index >= 15 is 0 Å². The lowest BCUT2D eigenvalue weighted by Crippen LogP contribution is -2.48. The molecule has 1 aromatic rings. The van der Waals surface area contributed by atoms with Gasteiger partial charge in [-0.1, -0.05) is 12.1 Å². The Bertz CT molecular complexity index is 688. The van der Waals surface area contributed by atoms with E-state index in [2.05, 4.69) is 10.6 Å². The topological polar surface area (TPSA) is 75.3 Å². The second kappa shape index (κ2) is 5.45. The van der Waals surface area contributed by atoms with Crippen molar-refractivity contribution in [2.75, 3.05) is 16.8 Å². The molecule has 0 unspecified atom stereocenters. The summed E-state index contributed by atoms with van der Waals surface area (Å²) in [6.07, 6.45) is -4.37. The van der Waals surface area contributed by atoms with E-state index in [1.807, 2.05) is 0 Å². The van der Waals surface area contributed by atoms with Crippen LogP contribution < -0.4 is 10.6 Å². The number of amides is 2. The fourth-order valence-electron chi connectivity index (χ4n) is 2.38. The first kappa shape index (κ1) is 16.6. The summed E-state index contributed by atoms with van der Waals surface area (Å²) in [7, 11) is -3.23. The van der Waals surface area contributed by atoms with E-state index in [0.29, 0.717) is 0 Å². The van der Waals surface area contributed by atoms with Crippen LogP contribution in [0.25, 0.3) is 0 Å². The van der Waals surface area contributed by atoms with E-state index in [9.17, 15) is 26.4 Å². The van der Waals surface area contributed by atoms with E-state index in [4.69, 9.17) is 0 Å². The lowest BCUT2D eigenvalue weighted by molar-refractivity contribution is -0.136. The fraction of sp³-hybridized carbons (Fsp3) is 0.462. The van der Waals surface area contributed by atoms with Crippen molar-refractivity contribution in [3.63, 3.8) is 0 Å². The van der Waals surface area contributed by atoms with Crippen molar-refractivity contribution in [1.82, 2.24) is 5.32 Å². The number of hydrogen-bond acceptors (Lipinski definition) is 3. The Hall–Kier alpha value is -1.77. The molecule has 1 atom stereocenters. The van der Waals surface area contributed by atoms with E-state index in [1.54, 1.807) is 6.92 Å². The van der Waals surface area contributed by atoms with Gasteiger partial charge in [-0.2, -0.15) is 13.2 Å². The van der Waals surface area contributed by atoms with E-state index in [-0.39, 0.29) is 23.6 Å². The molecule has 1 aliphatic heterocycles. The number of alkyl halides is 3. The number of nitrogens with one attached hydrogen (secondary N) is 2. The Labute approximate surface area is 125 Å². The first-order valence-corrected chi connectivity index (χ1v) is 8.29. The smallest absolute Gasteiger partial charge is 0.332 e. The third-order valence-electron chi connectivity index (χ3n) is 3.40. The Kier molecular flexibility index (Phi) is 4.12. The quantitative estimate of drug-likeness (QED) is 0.871. The third kappa shape index (κ3) is 3.90. The van der Waals surface area contributed by atoms with Gasteiger partial charge in [-0.25, -0.2) is 13.2 Å². The average Bonchev–Trinajstić information content (AvgIpc) is 2.62. The summed E-state index contributed by atoms with van der Waals surface area (Å²) in [6, 6.07) is 3.72. The van der Waals surface area contributed by atoms with Crippen molar-refractivity contribution in [3.05, 3.63) is 29.8 Å². The average molecular weight is 336 g/mol. The molecule has 1 saturated heterocycles. The minimum Gasteiger partial charge on any atom is -0.332 e. The molecule has 2 amide bonds. The summed E-state index contributed by atoms with van der Waals surface area (Å²) >= 11 is 0. The van der Waals surface area contributed by atoms with Gasteiger partial charge in [0.05, 0.1) is 28.3 Å². The van der Waals surface area contributed by atoms with Crippen molar-refractivity contribution in [1.29, 1.82) is 0 Å². The second-order valence-electron chi connectivity index (χ2n) is 5.53. The van der Waals surface area contributed by atoms with Gasteiger partial charge >= 0.3 is 12.2 Å². The van der Waals surface area contributed by atoms with Crippen LogP contribution in [0.3, 0.4) is 0 Å². The number of anilines is 1. The number of rotatable bonds is 2. The fourth-order valence-corrected chi connectivity index (χ4v) is 4.47. The van der Waals surface area contributed by atoms with Crippen LogP contribution >= 0.6 is 0 Å². The largest absolute Gasteiger partial charge is 0.418 e. The van der Waals surface area contributed by atoms with Crippen LogP contribution in [0.15, 0.2) is 24.3 Å². The molecule has 2 rings (SSSR count). The Morgan fingerprint density at radius 1 is 1.27 bits per heavy atom. The van der Waals surface area contributed by atoms with Crippen molar-refractivity contribution in [2.24, 2.45) is 0 Å². The SMILES string of the molecule is C[C@]1(NC(=O)Nc2ccccc2C(F)(F)F)CCS(=O)(=O)C1. The van der Waals surface area contributed by atoms with Crippen LogP contribution in [-0.2, 0) is 16.0 Å². The van der Waals surface area contributed by atoms with Crippen LogP contribution in [0.2, 0.25) is 0 Å². The molecule has 1 aliphatic rings. The molecule has 122 valence electrons. The Morgan fingerprint density at radius 2 is 1.91 bits per heavy atom. The standard InChI is InChI=1S/C13H15F3N2O3S/c1-12(6-7-22(20,21)8-12)18-11(19)17-10-5-3-2-4-9(10)13(14,15)16/h2-5H,6-8H2,1H3,(H2,17,18,19)/t12-/m0/s1. The van der Waals surface area contributed by atoms with Crippen molar-refractivity contribution < 1.29 is 26.4 Å². The number of benzene rings is 1. The number of carbonyl (C=O) groups is 1. The molecule has 0 aromatic heterocycles. The van der Waals surface area contributed by atoms with Gasteiger partial charge in [0.2, 0.25) is 0 Å². The summed E-state index contributed by atoms with van der Waals surface area (Å²) in [5.74, 6) is -0.281. The van der Waals surface area contributed by atoms with E-state index in [1.165, 1.54) is 12.1 Å². The number of hydrogen-bond donors (Lipinski definition) is 2. The molecular formula is C13H15F3N2O3S. The van der Waals surface area contributed by atoms with Gasteiger partial charge in [-0.15, -0.1) is 0 Å². The predicted molar refractivity (Wildman–Crippen MR) is 75.3 cm³/mol. The molecule has 0 aliphatic carbocycles. The summed E-state index contributed by atoms with van der Waals surface area (Å²) in [5.41, 5.74) is -2.32. The minimum absolute atomic E-state index is 0.0527. The highest BCUT2D eigenvalue weighted by Crippen LogP contribution is 2.34. The highest BCUT2D eigenvalue weighted by Gasteiger charge is 2.40. The van der Waals surface area contributed by atoms with Gasteiger partial charge < -0.3 is 10.6 Å². The normalized spacial score (nSPS) is 24.0. The van der Waals surface area contributed by atoms with Crippen molar-refractivity contribution in [2.45, 2.75) is 25.1 Å². The third-order valence-corrected chi connectivity index (χ3v) is 5.30. The monoisotopic (exact) mass is 336 g/mol. The maximum Gasteiger partial charge on any atom is 0.418 e. The molecule has 0 bridgehead atoms. The zero-order chi connectivity index (χ0) is 16.6. The number of halogens is 3. The molecule has 0 spiro atoms. The summed E-state index contributed by atoms with van der Waals surface area (Å²) in [4.78, 5) is 11.9. The molecule has 1 heterocycles. The molecule has 0 saturated carbocycles. The van der Waals surface area contributed by atoms with Gasteiger partial charge in [0.25, 0.3) is 0 Å². The van der Waals surface area contributed by atoms with E-state index < -0.39 is 33.1 Å². The summed E-state index contributed by atoms with van der Waals surface area (Å²) < 4.78 is 61.4. The molecule has 22 heavy (non-hydrogen) atoms. The predicted octanol–water partition coefficient (Wildman–Crippen LogP) is 2.40.